The van der Waals surface area contributed by atoms with E-state index in [9.17, 15) is 26.7 Å². The van der Waals surface area contributed by atoms with E-state index in [2.05, 4.69) is 4.98 Å². The minimum absolute atomic E-state index is 0.0490. The molecular formula is C13H7F5N2O. The van der Waals surface area contributed by atoms with Crippen molar-refractivity contribution < 1.29 is 22.0 Å². The summed E-state index contributed by atoms with van der Waals surface area (Å²) in [5, 5.41) is 0. The predicted octanol–water partition coefficient (Wildman–Crippen LogP) is 3.24. The summed E-state index contributed by atoms with van der Waals surface area (Å²) in [6, 6.07) is 3.35. The zero-order valence-corrected chi connectivity index (χ0v) is 10.2. The average Bonchev–Trinajstić information content (AvgIpc) is 2.36. The third-order valence-electron chi connectivity index (χ3n) is 2.47. The van der Waals surface area contributed by atoms with Crippen molar-refractivity contribution in [1.29, 1.82) is 0 Å². The lowest BCUT2D eigenvalue weighted by molar-refractivity contribution is -0.141. The molecule has 1 aromatic carbocycles. The van der Waals surface area contributed by atoms with Crippen LogP contribution in [0, 0.1) is 11.6 Å². The Kier molecular flexibility index (Phi) is 3.88. The summed E-state index contributed by atoms with van der Waals surface area (Å²) < 4.78 is 63.5. The van der Waals surface area contributed by atoms with E-state index in [0.717, 1.165) is 24.3 Å². The highest BCUT2D eigenvalue weighted by Gasteiger charge is 2.32. The average molecular weight is 302 g/mol. The number of alkyl halides is 3. The molecule has 8 heteroatoms. The van der Waals surface area contributed by atoms with Gasteiger partial charge in [-0.15, -0.1) is 0 Å². The number of nitrogens with one attached hydrogen (secondary N) is 1. The molecule has 0 aliphatic carbocycles. The third-order valence-corrected chi connectivity index (χ3v) is 2.47. The topological polar surface area (TPSA) is 45.8 Å². The molecule has 0 bridgehead atoms. The summed E-state index contributed by atoms with van der Waals surface area (Å²) >= 11 is 0. The van der Waals surface area contributed by atoms with Crippen LogP contribution in [0.4, 0.5) is 22.0 Å². The summed E-state index contributed by atoms with van der Waals surface area (Å²) in [5.74, 6) is -1.66. The van der Waals surface area contributed by atoms with Gasteiger partial charge in [0.15, 0.2) is 0 Å². The molecule has 0 saturated carbocycles. The molecule has 0 atom stereocenters. The zero-order chi connectivity index (χ0) is 15.6. The molecule has 0 amide bonds. The maximum Gasteiger partial charge on any atom is 0.431 e. The molecule has 2 rings (SSSR count). The number of benzene rings is 1. The van der Waals surface area contributed by atoms with E-state index in [-0.39, 0.29) is 11.3 Å². The van der Waals surface area contributed by atoms with Gasteiger partial charge in [-0.2, -0.15) is 18.2 Å². The molecule has 3 nitrogen and oxygen atoms in total. The second-order valence-electron chi connectivity index (χ2n) is 4.02. The minimum Gasteiger partial charge on any atom is -0.302 e. The van der Waals surface area contributed by atoms with Crippen molar-refractivity contribution in [3.63, 3.8) is 0 Å². The van der Waals surface area contributed by atoms with Crippen LogP contribution in [0.15, 0.2) is 29.1 Å². The fourth-order valence-electron chi connectivity index (χ4n) is 1.53. The molecule has 1 heterocycles. The molecule has 0 spiro atoms. The van der Waals surface area contributed by atoms with E-state index >= 15 is 0 Å². The van der Waals surface area contributed by atoms with Crippen LogP contribution >= 0.6 is 0 Å². The van der Waals surface area contributed by atoms with Crippen LogP contribution < -0.4 is 5.69 Å². The molecule has 0 fully saturated rings. The Morgan fingerprint density at radius 3 is 2.43 bits per heavy atom. The van der Waals surface area contributed by atoms with Crippen LogP contribution in [0.3, 0.4) is 0 Å². The lowest BCUT2D eigenvalue weighted by atomic mass is 10.1. The summed E-state index contributed by atoms with van der Waals surface area (Å²) in [6.07, 6.45) is -2.61. The number of hydrogen-bond acceptors (Lipinski definition) is 2. The number of hydrogen-bond donors (Lipinski definition) is 1. The lowest BCUT2D eigenvalue weighted by Gasteiger charge is -2.05. The molecular weight excluding hydrogens is 295 g/mol. The molecule has 0 saturated heterocycles. The normalized spacial score (nSPS) is 12.0. The van der Waals surface area contributed by atoms with E-state index in [1.807, 2.05) is 0 Å². The van der Waals surface area contributed by atoms with Crippen LogP contribution in [-0.4, -0.2) is 9.97 Å². The van der Waals surface area contributed by atoms with Crippen molar-refractivity contribution in [3.8, 4) is 0 Å². The van der Waals surface area contributed by atoms with Gasteiger partial charge in [-0.3, -0.25) is 0 Å². The quantitative estimate of drug-likeness (QED) is 0.866. The summed E-state index contributed by atoms with van der Waals surface area (Å²) in [5.41, 5.74) is -2.78. The number of nitrogens with zero attached hydrogens (tertiary/aromatic N) is 1. The van der Waals surface area contributed by atoms with Crippen LogP contribution in [-0.2, 0) is 6.18 Å². The van der Waals surface area contributed by atoms with Gasteiger partial charge in [0.2, 0.25) is 0 Å². The Bertz CT molecular complexity index is 749. The third kappa shape index (κ3) is 3.74. The van der Waals surface area contributed by atoms with Crippen molar-refractivity contribution in [3.05, 3.63) is 63.3 Å². The summed E-state index contributed by atoms with van der Waals surface area (Å²) in [7, 11) is 0. The first kappa shape index (κ1) is 14.9. The molecule has 0 aliphatic heterocycles. The monoisotopic (exact) mass is 302 g/mol. The SMILES string of the molecule is O=c1nc(C=Cc2ccc(F)cc2F)cc(C(F)(F)F)[nH]1. The van der Waals surface area contributed by atoms with Crippen LogP contribution in [0.5, 0.6) is 0 Å². The summed E-state index contributed by atoms with van der Waals surface area (Å²) in [4.78, 5) is 15.9. The smallest absolute Gasteiger partial charge is 0.302 e. The van der Waals surface area contributed by atoms with Crippen molar-refractivity contribution in [2.45, 2.75) is 6.18 Å². The minimum atomic E-state index is -4.73. The molecule has 21 heavy (non-hydrogen) atoms. The maximum absolute atomic E-state index is 13.3. The molecule has 2 aromatic rings. The standard InChI is InChI=1S/C13H7F5N2O/c14-8-3-1-7(10(15)5-8)2-4-9-6-11(13(16,17)18)20-12(21)19-9/h1-6H,(H,19,20,21). The molecule has 110 valence electrons. The lowest BCUT2D eigenvalue weighted by Crippen LogP contribution is -2.19. The second-order valence-corrected chi connectivity index (χ2v) is 4.02. The number of H-pyrrole nitrogens is 1. The Morgan fingerprint density at radius 2 is 1.81 bits per heavy atom. The van der Waals surface area contributed by atoms with Crippen molar-refractivity contribution >= 4 is 12.2 Å². The van der Waals surface area contributed by atoms with E-state index in [1.54, 1.807) is 4.98 Å². The maximum atomic E-state index is 13.3. The largest absolute Gasteiger partial charge is 0.431 e. The first-order valence-electron chi connectivity index (χ1n) is 5.57. The fourth-order valence-corrected chi connectivity index (χ4v) is 1.53. The number of halogens is 5. The van der Waals surface area contributed by atoms with Gasteiger partial charge < -0.3 is 4.98 Å². The first-order chi connectivity index (χ1) is 9.75. The van der Waals surface area contributed by atoms with Gasteiger partial charge in [-0.1, -0.05) is 0 Å². The number of aromatic amines is 1. The molecule has 1 N–H and O–H groups in total. The van der Waals surface area contributed by atoms with E-state index in [4.69, 9.17) is 0 Å². The van der Waals surface area contributed by atoms with Gasteiger partial charge in [0.1, 0.15) is 17.3 Å². The summed E-state index contributed by atoms with van der Waals surface area (Å²) in [6.45, 7) is 0. The van der Waals surface area contributed by atoms with Crippen molar-refractivity contribution in [1.82, 2.24) is 9.97 Å². The number of aromatic nitrogens is 2. The van der Waals surface area contributed by atoms with Gasteiger partial charge in [-0.25, -0.2) is 13.6 Å². The highest BCUT2D eigenvalue weighted by Crippen LogP contribution is 2.27. The van der Waals surface area contributed by atoms with E-state index in [0.29, 0.717) is 12.1 Å². The van der Waals surface area contributed by atoms with Gasteiger partial charge >= 0.3 is 11.9 Å². The van der Waals surface area contributed by atoms with Crippen LogP contribution in [0.1, 0.15) is 17.0 Å². The fraction of sp³-hybridized carbons (Fsp3) is 0.0769. The van der Waals surface area contributed by atoms with Gasteiger partial charge in [0.25, 0.3) is 0 Å². The van der Waals surface area contributed by atoms with E-state index in [1.165, 1.54) is 0 Å². The van der Waals surface area contributed by atoms with Crippen molar-refractivity contribution in [2.75, 3.05) is 0 Å². The molecule has 1 aromatic heterocycles. The predicted molar refractivity (Wildman–Crippen MR) is 65.1 cm³/mol. The Labute approximate surface area is 114 Å². The molecule has 0 aliphatic rings. The van der Waals surface area contributed by atoms with Crippen LogP contribution in [0.2, 0.25) is 0 Å². The highest BCUT2D eigenvalue weighted by molar-refractivity contribution is 5.68. The first-order valence-corrected chi connectivity index (χ1v) is 5.57. The Hall–Kier alpha value is -2.51. The number of rotatable bonds is 2. The van der Waals surface area contributed by atoms with Crippen molar-refractivity contribution in [2.24, 2.45) is 0 Å². The second kappa shape index (κ2) is 5.47. The zero-order valence-electron chi connectivity index (χ0n) is 10.2. The highest BCUT2D eigenvalue weighted by atomic mass is 19.4. The molecule has 0 radical (unpaired) electrons. The van der Waals surface area contributed by atoms with Gasteiger partial charge in [0, 0.05) is 11.6 Å². The van der Waals surface area contributed by atoms with Gasteiger partial charge in [-0.05, 0) is 30.4 Å². The Morgan fingerprint density at radius 1 is 1.10 bits per heavy atom. The van der Waals surface area contributed by atoms with E-state index < -0.39 is 29.2 Å². The molecule has 0 unspecified atom stereocenters. The van der Waals surface area contributed by atoms with Crippen LogP contribution in [0.25, 0.3) is 12.2 Å². The van der Waals surface area contributed by atoms with Gasteiger partial charge in [0.05, 0.1) is 5.69 Å². The Balaban J connectivity index is 2.37.